The van der Waals surface area contributed by atoms with Crippen LogP contribution in [0.3, 0.4) is 0 Å². The first kappa shape index (κ1) is 14.9. The second kappa shape index (κ2) is 8.13. The highest BCUT2D eigenvalue weighted by molar-refractivity contribution is 5.85. The summed E-state index contributed by atoms with van der Waals surface area (Å²) < 4.78 is 4.59. The van der Waals surface area contributed by atoms with Gasteiger partial charge >= 0.3 is 5.97 Å². The molecule has 1 aromatic carbocycles. The number of carbonyl (C=O) groups excluding carboxylic acids is 1. The summed E-state index contributed by atoms with van der Waals surface area (Å²) in [4.78, 5) is 13.0. The maximum Gasteiger partial charge on any atom is 0.306 e. The Morgan fingerprint density at radius 3 is 2.50 bits per heavy atom. The molecule has 0 amide bonds. The van der Waals surface area contributed by atoms with Gasteiger partial charge in [-0.15, -0.1) is 12.4 Å². The average molecular weight is 244 g/mol. The van der Waals surface area contributed by atoms with Gasteiger partial charge in [-0.2, -0.15) is 0 Å². The van der Waals surface area contributed by atoms with E-state index in [4.69, 9.17) is 0 Å². The van der Waals surface area contributed by atoms with E-state index in [1.165, 1.54) is 12.7 Å². The van der Waals surface area contributed by atoms with E-state index in [-0.39, 0.29) is 18.4 Å². The number of carbonyl (C=O) groups is 1. The number of hydrogen-bond donors (Lipinski definition) is 0. The highest BCUT2D eigenvalue weighted by Crippen LogP contribution is 2.02. The smallest absolute Gasteiger partial charge is 0.306 e. The molecule has 0 bridgehead atoms. The predicted octanol–water partition coefficient (Wildman–Crippen LogP) is 2.10. The van der Waals surface area contributed by atoms with Crippen LogP contribution in [-0.2, 0) is 16.1 Å². The molecule has 16 heavy (non-hydrogen) atoms. The Balaban J connectivity index is 0.00000225. The molecule has 0 radical (unpaired) electrons. The van der Waals surface area contributed by atoms with Crippen LogP contribution in [0.5, 0.6) is 0 Å². The lowest BCUT2D eigenvalue weighted by Crippen LogP contribution is -2.21. The van der Waals surface area contributed by atoms with Crippen molar-refractivity contribution in [2.24, 2.45) is 0 Å². The second-order valence-corrected chi connectivity index (χ2v) is 3.55. The Kier molecular flexibility index (Phi) is 7.60. The van der Waals surface area contributed by atoms with E-state index >= 15 is 0 Å². The van der Waals surface area contributed by atoms with Crippen molar-refractivity contribution in [3.8, 4) is 0 Å². The molecule has 4 heteroatoms. The van der Waals surface area contributed by atoms with E-state index in [2.05, 4.69) is 21.8 Å². The molecule has 0 saturated carbocycles. The van der Waals surface area contributed by atoms with E-state index < -0.39 is 0 Å². The summed E-state index contributed by atoms with van der Waals surface area (Å²) in [5, 5.41) is 0. The van der Waals surface area contributed by atoms with Crippen LogP contribution in [0, 0.1) is 0 Å². The summed E-state index contributed by atoms with van der Waals surface area (Å²) in [6.45, 7) is 1.58. The Morgan fingerprint density at radius 2 is 1.94 bits per heavy atom. The summed E-state index contributed by atoms with van der Waals surface area (Å²) in [7, 11) is 3.41. The number of methoxy groups -OCH3 is 1. The summed E-state index contributed by atoms with van der Waals surface area (Å²) in [6.07, 6.45) is 0.444. The molecular weight excluding hydrogens is 226 g/mol. The van der Waals surface area contributed by atoms with E-state index in [1.54, 1.807) is 0 Å². The lowest BCUT2D eigenvalue weighted by molar-refractivity contribution is -0.140. The van der Waals surface area contributed by atoms with Crippen molar-refractivity contribution in [3.05, 3.63) is 35.9 Å². The number of nitrogens with zero attached hydrogens (tertiary/aromatic N) is 1. The van der Waals surface area contributed by atoms with Gasteiger partial charge in [-0.1, -0.05) is 30.3 Å². The first-order valence-corrected chi connectivity index (χ1v) is 5.01. The summed E-state index contributed by atoms with van der Waals surface area (Å²) in [5.41, 5.74) is 1.25. The SMILES string of the molecule is COC(=O)CCN(C)Cc1ccccc1.Cl. The van der Waals surface area contributed by atoms with Crippen LogP contribution < -0.4 is 0 Å². The van der Waals surface area contributed by atoms with Crippen molar-refractivity contribution in [2.45, 2.75) is 13.0 Å². The number of rotatable bonds is 5. The minimum atomic E-state index is -0.157. The van der Waals surface area contributed by atoms with Gasteiger partial charge in [0.2, 0.25) is 0 Å². The van der Waals surface area contributed by atoms with Gasteiger partial charge in [-0.25, -0.2) is 0 Å². The van der Waals surface area contributed by atoms with Crippen LogP contribution in [0.15, 0.2) is 30.3 Å². The Hall–Kier alpha value is -1.06. The molecule has 1 aromatic rings. The van der Waals surface area contributed by atoms with Crippen molar-refractivity contribution in [1.29, 1.82) is 0 Å². The Labute approximate surface area is 103 Å². The molecule has 0 atom stereocenters. The van der Waals surface area contributed by atoms with Crippen LogP contribution >= 0.6 is 12.4 Å². The molecule has 0 aliphatic heterocycles. The van der Waals surface area contributed by atoms with Gasteiger partial charge in [-0.3, -0.25) is 4.79 Å². The molecule has 0 heterocycles. The third kappa shape index (κ3) is 5.73. The fraction of sp³-hybridized carbons (Fsp3) is 0.417. The fourth-order valence-corrected chi connectivity index (χ4v) is 1.36. The van der Waals surface area contributed by atoms with E-state index in [9.17, 15) is 4.79 Å². The maximum absolute atomic E-state index is 10.9. The topological polar surface area (TPSA) is 29.5 Å². The molecule has 0 spiro atoms. The number of halogens is 1. The highest BCUT2D eigenvalue weighted by Gasteiger charge is 2.04. The zero-order valence-corrected chi connectivity index (χ0v) is 10.5. The van der Waals surface area contributed by atoms with Crippen molar-refractivity contribution in [2.75, 3.05) is 20.7 Å². The minimum Gasteiger partial charge on any atom is -0.469 e. The first-order chi connectivity index (χ1) is 7.22. The van der Waals surface area contributed by atoms with E-state index in [1.807, 2.05) is 25.2 Å². The van der Waals surface area contributed by atoms with Crippen LogP contribution in [0.25, 0.3) is 0 Å². The minimum absolute atomic E-state index is 0. The van der Waals surface area contributed by atoms with Crippen molar-refractivity contribution >= 4 is 18.4 Å². The Bertz CT molecular complexity index is 303. The number of benzene rings is 1. The first-order valence-electron chi connectivity index (χ1n) is 5.01. The molecule has 3 nitrogen and oxygen atoms in total. The molecular formula is C12H18ClNO2. The fourth-order valence-electron chi connectivity index (χ4n) is 1.36. The van der Waals surface area contributed by atoms with Gasteiger partial charge in [0, 0.05) is 13.1 Å². The zero-order valence-electron chi connectivity index (χ0n) is 9.68. The van der Waals surface area contributed by atoms with Crippen LogP contribution in [0.1, 0.15) is 12.0 Å². The van der Waals surface area contributed by atoms with Crippen molar-refractivity contribution in [3.63, 3.8) is 0 Å². The van der Waals surface area contributed by atoms with Gasteiger partial charge in [0.25, 0.3) is 0 Å². The largest absolute Gasteiger partial charge is 0.469 e. The van der Waals surface area contributed by atoms with Gasteiger partial charge in [0.15, 0.2) is 0 Å². The molecule has 0 N–H and O–H groups in total. The zero-order chi connectivity index (χ0) is 11.1. The number of ether oxygens (including phenoxy) is 1. The molecule has 0 saturated heterocycles. The quantitative estimate of drug-likeness (QED) is 0.742. The molecule has 0 aliphatic carbocycles. The molecule has 1 rings (SSSR count). The maximum atomic E-state index is 10.9. The van der Waals surface area contributed by atoms with Gasteiger partial charge in [0.1, 0.15) is 0 Å². The summed E-state index contributed by atoms with van der Waals surface area (Å²) >= 11 is 0. The standard InChI is InChI=1S/C12H17NO2.ClH/c1-13(9-8-12(14)15-2)10-11-6-4-3-5-7-11;/h3-7H,8-10H2,1-2H3;1H. The van der Waals surface area contributed by atoms with Crippen LogP contribution in [-0.4, -0.2) is 31.6 Å². The van der Waals surface area contributed by atoms with Crippen molar-refractivity contribution in [1.82, 2.24) is 4.90 Å². The molecule has 0 fully saturated rings. The third-order valence-corrected chi connectivity index (χ3v) is 2.22. The van der Waals surface area contributed by atoms with Gasteiger partial charge in [-0.05, 0) is 12.6 Å². The average Bonchev–Trinajstić information content (AvgIpc) is 2.27. The normalized spacial score (nSPS) is 9.69. The lowest BCUT2D eigenvalue weighted by Gasteiger charge is -2.15. The monoisotopic (exact) mass is 243 g/mol. The Morgan fingerprint density at radius 1 is 1.31 bits per heavy atom. The lowest BCUT2D eigenvalue weighted by atomic mass is 10.2. The molecule has 0 aliphatic rings. The second-order valence-electron chi connectivity index (χ2n) is 3.55. The number of hydrogen-bond acceptors (Lipinski definition) is 3. The van der Waals surface area contributed by atoms with E-state index in [0.717, 1.165) is 13.1 Å². The van der Waals surface area contributed by atoms with Gasteiger partial charge < -0.3 is 9.64 Å². The predicted molar refractivity (Wildman–Crippen MR) is 66.7 cm³/mol. The summed E-state index contributed by atoms with van der Waals surface area (Å²) in [5.74, 6) is -0.157. The van der Waals surface area contributed by atoms with Gasteiger partial charge in [0.05, 0.1) is 13.5 Å². The van der Waals surface area contributed by atoms with Crippen LogP contribution in [0.4, 0.5) is 0 Å². The van der Waals surface area contributed by atoms with E-state index in [0.29, 0.717) is 6.42 Å². The third-order valence-electron chi connectivity index (χ3n) is 2.22. The molecule has 0 unspecified atom stereocenters. The van der Waals surface area contributed by atoms with Crippen molar-refractivity contribution < 1.29 is 9.53 Å². The molecule has 0 aromatic heterocycles. The summed E-state index contributed by atoms with van der Waals surface area (Å²) in [6, 6.07) is 10.2. The number of esters is 1. The highest BCUT2D eigenvalue weighted by atomic mass is 35.5. The van der Waals surface area contributed by atoms with Crippen LogP contribution in [0.2, 0.25) is 0 Å². The molecule has 90 valence electrons.